The van der Waals surface area contributed by atoms with E-state index in [0.29, 0.717) is 5.69 Å². The number of rotatable bonds is 10. The summed E-state index contributed by atoms with van der Waals surface area (Å²) in [5.74, 6) is -2.54. The van der Waals surface area contributed by atoms with Crippen LogP contribution in [-0.2, 0) is 14.3 Å². The van der Waals surface area contributed by atoms with Gasteiger partial charge >= 0.3 is 0 Å². The Morgan fingerprint density at radius 2 is 1.59 bits per heavy atom. The number of hydrazine groups is 1. The Hall–Kier alpha value is -3.40. The first kappa shape index (κ1) is 25.2. The number of anilines is 2. The van der Waals surface area contributed by atoms with Gasteiger partial charge < -0.3 is 14.4 Å². The van der Waals surface area contributed by atoms with Gasteiger partial charge in [-0.05, 0) is 30.3 Å². The minimum absolute atomic E-state index is 0.155. The van der Waals surface area contributed by atoms with Gasteiger partial charge in [-0.2, -0.15) is 0 Å². The molecule has 3 rings (SSSR count). The third-order valence-corrected chi connectivity index (χ3v) is 5.57. The number of carbonyl (C=O) groups is 1. The Labute approximate surface area is 196 Å². The molecule has 0 saturated heterocycles. The third-order valence-electron chi connectivity index (χ3n) is 5.57. The zero-order chi connectivity index (χ0) is 24.8. The Balaban J connectivity index is 1.94. The maximum absolute atomic E-state index is 14.1. The topological polar surface area (TPSA) is 62.8 Å². The molecular formula is C25H26F3N3O3. The molecule has 34 heavy (non-hydrogen) atoms. The quantitative estimate of drug-likeness (QED) is 0.311. The van der Waals surface area contributed by atoms with Crippen LogP contribution in [0.5, 0.6) is 0 Å². The lowest BCUT2D eigenvalue weighted by Crippen LogP contribution is -2.76. The first-order valence-corrected chi connectivity index (χ1v) is 10.4. The zero-order valence-electron chi connectivity index (χ0n) is 18.8. The van der Waals surface area contributed by atoms with E-state index in [9.17, 15) is 18.0 Å². The van der Waals surface area contributed by atoms with Gasteiger partial charge in [0.05, 0.1) is 12.1 Å². The van der Waals surface area contributed by atoms with Gasteiger partial charge in [-0.3, -0.25) is 10.2 Å². The van der Waals surface area contributed by atoms with Gasteiger partial charge in [0.1, 0.15) is 29.7 Å². The largest absolute Gasteiger partial charge is 0.377 e. The highest BCUT2D eigenvalue weighted by atomic mass is 19.1. The minimum Gasteiger partial charge on any atom is -0.377 e. The lowest BCUT2D eigenvalue weighted by Gasteiger charge is -2.54. The number of ether oxygens (including phenoxy) is 2. The van der Waals surface area contributed by atoms with E-state index in [1.165, 1.54) is 50.6 Å². The second-order valence-electron chi connectivity index (χ2n) is 7.55. The molecule has 0 aliphatic heterocycles. The molecule has 0 bridgehead atoms. The van der Waals surface area contributed by atoms with Crippen molar-refractivity contribution >= 4 is 17.3 Å². The van der Waals surface area contributed by atoms with Crippen LogP contribution in [0.3, 0.4) is 0 Å². The van der Waals surface area contributed by atoms with Gasteiger partial charge in [0.25, 0.3) is 5.91 Å². The van der Waals surface area contributed by atoms with Crippen molar-refractivity contribution in [3.05, 3.63) is 96.9 Å². The predicted molar refractivity (Wildman–Crippen MR) is 124 cm³/mol. The first-order valence-electron chi connectivity index (χ1n) is 10.4. The van der Waals surface area contributed by atoms with Gasteiger partial charge in [-0.1, -0.05) is 37.5 Å². The fourth-order valence-corrected chi connectivity index (χ4v) is 4.07. The molecular weight excluding hydrogens is 447 g/mol. The summed E-state index contributed by atoms with van der Waals surface area (Å²) in [5, 5.41) is 0. The van der Waals surface area contributed by atoms with Crippen LogP contribution in [0.4, 0.5) is 24.5 Å². The number of benzene rings is 2. The summed E-state index contributed by atoms with van der Waals surface area (Å²) in [4.78, 5) is 14.0. The Bertz CT molecular complexity index is 1060. The highest BCUT2D eigenvalue weighted by Gasteiger charge is 2.55. The normalized spacial score (nSPS) is 22.0. The molecule has 0 spiro atoms. The summed E-state index contributed by atoms with van der Waals surface area (Å²) in [7, 11) is 2.92. The SMILES string of the molecule is C=C/C=C(\C=C)C(=O)NNC1C(OC)C(N(c2cccc(F)c2)c2cc(F)cc(F)c2)C1OC. The fraction of sp³-hybridized carbons (Fsp3) is 0.240. The fourth-order valence-electron chi connectivity index (χ4n) is 4.07. The molecule has 1 aliphatic rings. The smallest absolute Gasteiger partial charge is 0.265 e. The van der Waals surface area contributed by atoms with Crippen LogP contribution in [0.1, 0.15) is 0 Å². The number of nitrogens with zero attached hydrogens (tertiary/aromatic N) is 1. The Morgan fingerprint density at radius 3 is 2.12 bits per heavy atom. The highest BCUT2D eigenvalue weighted by Crippen LogP contribution is 2.40. The number of amides is 1. The van der Waals surface area contributed by atoms with E-state index < -0.39 is 47.7 Å². The molecule has 6 nitrogen and oxygen atoms in total. The number of methoxy groups -OCH3 is 2. The average Bonchev–Trinajstić information content (AvgIpc) is 2.79. The van der Waals surface area contributed by atoms with Gasteiger partial charge in [0, 0.05) is 37.2 Å². The van der Waals surface area contributed by atoms with Crippen molar-refractivity contribution in [3.63, 3.8) is 0 Å². The summed E-state index contributed by atoms with van der Waals surface area (Å²) in [5.41, 5.74) is 6.27. The predicted octanol–water partition coefficient (Wildman–Crippen LogP) is 3.94. The van der Waals surface area contributed by atoms with Crippen LogP contribution < -0.4 is 15.8 Å². The van der Waals surface area contributed by atoms with Crippen LogP contribution in [0.25, 0.3) is 0 Å². The van der Waals surface area contributed by atoms with Crippen LogP contribution in [-0.4, -0.2) is 44.4 Å². The molecule has 2 unspecified atom stereocenters. The summed E-state index contributed by atoms with van der Waals surface area (Å²) in [6.07, 6.45) is 3.11. The molecule has 2 aromatic carbocycles. The van der Waals surface area contributed by atoms with Crippen molar-refractivity contribution < 1.29 is 27.4 Å². The molecule has 1 fully saturated rings. The monoisotopic (exact) mass is 473 g/mol. The zero-order valence-corrected chi connectivity index (χ0v) is 18.8. The van der Waals surface area contributed by atoms with Gasteiger partial charge in [0.2, 0.25) is 0 Å². The van der Waals surface area contributed by atoms with E-state index in [0.717, 1.165) is 18.2 Å². The number of allylic oxidation sites excluding steroid dienone is 2. The minimum atomic E-state index is -0.786. The number of hydrogen-bond donors (Lipinski definition) is 2. The molecule has 2 aromatic rings. The lowest BCUT2D eigenvalue weighted by atomic mass is 9.77. The molecule has 180 valence electrons. The highest BCUT2D eigenvalue weighted by molar-refractivity contribution is 5.96. The maximum atomic E-state index is 14.1. The van der Waals surface area contributed by atoms with Crippen molar-refractivity contribution in [2.24, 2.45) is 0 Å². The van der Waals surface area contributed by atoms with Crippen LogP contribution in [0, 0.1) is 17.5 Å². The maximum Gasteiger partial charge on any atom is 0.265 e. The molecule has 0 aromatic heterocycles. The summed E-state index contributed by atoms with van der Waals surface area (Å²) >= 11 is 0. The van der Waals surface area contributed by atoms with Crippen LogP contribution in [0.15, 0.2) is 79.4 Å². The van der Waals surface area contributed by atoms with Crippen molar-refractivity contribution in [2.45, 2.75) is 24.3 Å². The number of nitrogens with one attached hydrogen (secondary N) is 2. The summed E-state index contributed by atoms with van der Waals surface area (Å²) in [6.45, 7) is 7.15. The number of hydrogen-bond acceptors (Lipinski definition) is 5. The van der Waals surface area contributed by atoms with Crippen molar-refractivity contribution in [1.82, 2.24) is 10.9 Å². The Kier molecular flexibility index (Phi) is 8.27. The number of halogens is 3. The molecule has 2 atom stereocenters. The van der Waals surface area contributed by atoms with Crippen molar-refractivity contribution in [3.8, 4) is 0 Å². The van der Waals surface area contributed by atoms with Crippen LogP contribution >= 0.6 is 0 Å². The molecule has 9 heteroatoms. The van der Waals surface area contributed by atoms with E-state index in [1.54, 1.807) is 11.0 Å². The average molecular weight is 473 g/mol. The molecule has 1 amide bonds. The van der Waals surface area contributed by atoms with Crippen LogP contribution in [0.2, 0.25) is 0 Å². The second-order valence-corrected chi connectivity index (χ2v) is 7.55. The standard InChI is InChI=1S/C25H26F3N3O3/c1-5-8-15(6-2)25(32)30-29-21-23(33-3)22(24(21)34-4)31(19-10-7-9-16(26)12-19)20-13-17(27)11-18(28)14-20/h5-14,21-24,29H,1-2H2,3-4H3,(H,30,32)/b15-8+. The van der Waals surface area contributed by atoms with Crippen molar-refractivity contribution in [1.29, 1.82) is 0 Å². The third kappa shape index (κ3) is 5.22. The van der Waals surface area contributed by atoms with E-state index in [1.807, 2.05) is 0 Å². The molecule has 2 N–H and O–H groups in total. The van der Waals surface area contributed by atoms with E-state index in [-0.39, 0.29) is 11.3 Å². The van der Waals surface area contributed by atoms with E-state index in [2.05, 4.69) is 24.0 Å². The Morgan fingerprint density at radius 1 is 0.971 bits per heavy atom. The number of carbonyl (C=O) groups excluding carboxylic acids is 1. The summed E-state index contributed by atoms with van der Waals surface area (Å²) in [6, 6.07) is 7.52. The van der Waals surface area contributed by atoms with Gasteiger partial charge in [-0.25, -0.2) is 18.6 Å². The molecule has 0 radical (unpaired) electrons. The lowest BCUT2D eigenvalue weighted by molar-refractivity contribution is -0.131. The second kappa shape index (κ2) is 11.1. The van der Waals surface area contributed by atoms with E-state index in [4.69, 9.17) is 9.47 Å². The molecule has 1 saturated carbocycles. The van der Waals surface area contributed by atoms with Gasteiger partial charge in [-0.15, -0.1) is 0 Å². The van der Waals surface area contributed by atoms with E-state index >= 15 is 0 Å². The van der Waals surface area contributed by atoms with Crippen molar-refractivity contribution in [2.75, 3.05) is 19.1 Å². The molecule has 1 aliphatic carbocycles. The summed E-state index contributed by atoms with van der Waals surface area (Å²) < 4.78 is 53.6. The van der Waals surface area contributed by atoms with Gasteiger partial charge in [0.15, 0.2) is 0 Å². The molecule has 0 heterocycles. The first-order chi connectivity index (χ1) is 16.3.